The van der Waals surface area contributed by atoms with Crippen LogP contribution in [0.5, 0.6) is 11.5 Å². The van der Waals surface area contributed by atoms with Gasteiger partial charge in [-0.2, -0.15) is 5.10 Å². The van der Waals surface area contributed by atoms with E-state index < -0.39 is 4.92 Å². The van der Waals surface area contributed by atoms with Crippen LogP contribution in [0.15, 0.2) is 36.7 Å². The van der Waals surface area contributed by atoms with Crippen molar-refractivity contribution in [2.45, 2.75) is 6.92 Å². The zero-order chi connectivity index (χ0) is 15.0. The predicted octanol–water partition coefficient (Wildman–Crippen LogP) is 2.98. The SMILES string of the molecule is Cc1cc([N+](=O)[O-])ccc1Oc1cnc2cn(C)nc2c1. The summed E-state index contributed by atoms with van der Waals surface area (Å²) >= 11 is 0. The van der Waals surface area contributed by atoms with Crippen LogP contribution in [0.1, 0.15) is 5.56 Å². The summed E-state index contributed by atoms with van der Waals surface area (Å²) in [6, 6.07) is 6.25. The van der Waals surface area contributed by atoms with Gasteiger partial charge in [0.05, 0.1) is 17.3 Å². The van der Waals surface area contributed by atoms with Gasteiger partial charge in [-0.3, -0.25) is 14.8 Å². The van der Waals surface area contributed by atoms with E-state index in [1.807, 2.05) is 13.2 Å². The normalized spacial score (nSPS) is 10.8. The van der Waals surface area contributed by atoms with Crippen molar-refractivity contribution in [3.05, 3.63) is 52.3 Å². The van der Waals surface area contributed by atoms with Gasteiger partial charge in [0.1, 0.15) is 22.5 Å². The van der Waals surface area contributed by atoms with Crippen molar-refractivity contribution in [2.75, 3.05) is 0 Å². The van der Waals surface area contributed by atoms with Crippen molar-refractivity contribution in [1.82, 2.24) is 14.8 Å². The molecule has 0 aliphatic rings. The van der Waals surface area contributed by atoms with Crippen LogP contribution < -0.4 is 4.74 Å². The van der Waals surface area contributed by atoms with Gasteiger partial charge in [0, 0.05) is 25.2 Å². The van der Waals surface area contributed by atoms with Crippen LogP contribution >= 0.6 is 0 Å². The number of benzene rings is 1. The van der Waals surface area contributed by atoms with E-state index >= 15 is 0 Å². The molecule has 0 N–H and O–H groups in total. The number of non-ortho nitro benzene ring substituents is 1. The maximum absolute atomic E-state index is 10.7. The van der Waals surface area contributed by atoms with E-state index in [1.54, 1.807) is 29.9 Å². The highest BCUT2D eigenvalue weighted by atomic mass is 16.6. The Morgan fingerprint density at radius 2 is 2.10 bits per heavy atom. The van der Waals surface area contributed by atoms with Gasteiger partial charge in [-0.1, -0.05) is 0 Å². The Bertz CT molecular complexity index is 841. The molecule has 0 aliphatic heterocycles. The molecule has 0 atom stereocenters. The summed E-state index contributed by atoms with van der Waals surface area (Å²) < 4.78 is 7.41. The van der Waals surface area contributed by atoms with E-state index in [0.717, 1.165) is 11.0 Å². The first kappa shape index (κ1) is 13.0. The number of nitrogens with zero attached hydrogens (tertiary/aromatic N) is 4. The lowest BCUT2D eigenvalue weighted by Gasteiger charge is -2.07. The minimum atomic E-state index is -0.432. The number of nitro benzene ring substituents is 1. The Labute approximate surface area is 119 Å². The van der Waals surface area contributed by atoms with E-state index in [1.165, 1.54) is 12.1 Å². The van der Waals surface area contributed by atoms with Gasteiger partial charge in [-0.15, -0.1) is 0 Å². The summed E-state index contributed by atoms with van der Waals surface area (Å²) in [7, 11) is 1.82. The number of pyridine rings is 1. The molecule has 2 heterocycles. The fourth-order valence-corrected chi connectivity index (χ4v) is 2.05. The molecule has 106 valence electrons. The van der Waals surface area contributed by atoms with E-state index in [2.05, 4.69) is 10.1 Å². The van der Waals surface area contributed by atoms with Gasteiger partial charge in [0.2, 0.25) is 0 Å². The Morgan fingerprint density at radius 1 is 1.29 bits per heavy atom. The topological polar surface area (TPSA) is 83.1 Å². The average molecular weight is 284 g/mol. The summed E-state index contributed by atoms with van der Waals surface area (Å²) in [5.41, 5.74) is 2.24. The summed E-state index contributed by atoms with van der Waals surface area (Å²) in [5.74, 6) is 1.09. The Hall–Kier alpha value is -2.96. The second-order valence-electron chi connectivity index (χ2n) is 4.69. The van der Waals surface area contributed by atoms with E-state index in [9.17, 15) is 10.1 Å². The quantitative estimate of drug-likeness (QED) is 0.545. The first-order chi connectivity index (χ1) is 10.0. The van der Waals surface area contributed by atoms with Crippen LogP contribution in [0, 0.1) is 17.0 Å². The van der Waals surface area contributed by atoms with Gasteiger partial charge < -0.3 is 4.74 Å². The maximum atomic E-state index is 10.7. The summed E-state index contributed by atoms with van der Waals surface area (Å²) in [4.78, 5) is 14.5. The number of rotatable bonds is 3. The van der Waals surface area contributed by atoms with Gasteiger partial charge in [0.25, 0.3) is 5.69 Å². The maximum Gasteiger partial charge on any atom is 0.269 e. The first-order valence-electron chi connectivity index (χ1n) is 6.25. The van der Waals surface area contributed by atoms with E-state index in [4.69, 9.17) is 4.74 Å². The van der Waals surface area contributed by atoms with Crippen molar-refractivity contribution < 1.29 is 9.66 Å². The highest BCUT2D eigenvalue weighted by molar-refractivity contribution is 5.74. The number of hydrogen-bond acceptors (Lipinski definition) is 5. The van der Waals surface area contributed by atoms with Gasteiger partial charge in [-0.25, -0.2) is 4.98 Å². The fourth-order valence-electron chi connectivity index (χ4n) is 2.05. The number of ether oxygens (including phenoxy) is 1. The molecule has 3 aromatic rings. The van der Waals surface area contributed by atoms with Crippen molar-refractivity contribution in [1.29, 1.82) is 0 Å². The average Bonchev–Trinajstić information content (AvgIpc) is 2.80. The monoisotopic (exact) mass is 284 g/mol. The van der Waals surface area contributed by atoms with E-state index in [0.29, 0.717) is 17.1 Å². The van der Waals surface area contributed by atoms with Crippen LogP contribution in [-0.4, -0.2) is 19.7 Å². The zero-order valence-corrected chi connectivity index (χ0v) is 11.5. The minimum absolute atomic E-state index is 0.0400. The largest absolute Gasteiger partial charge is 0.455 e. The molecule has 0 saturated carbocycles. The second kappa shape index (κ2) is 4.86. The van der Waals surface area contributed by atoms with Crippen LogP contribution in [-0.2, 0) is 7.05 Å². The molecule has 0 radical (unpaired) electrons. The molecule has 0 fully saturated rings. The minimum Gasteiger partial charge on any atom is -0.455 e. The number of nitro groups is 1. The molecule has 7 heteroatoms. The molecule has 0 aliphatic carbocycles. The molecule has 0 amide bonds. The van der Waals surface area contributed by atoms with E-state index in [-0.39, 0.29) is 5.69 Å². The zero-order valence-electron chi connectivity index (χ0n) is 11.5. The third-order valence-electron chi connectivity index (χ3n) is 3.04. The lowest BCUT2D eigenvalue weighted by molar-refractivity contribution is -0.384. The summed E-state index contributed by atoms with van der Waals surface area (Å²) in [6.45, 7) is 1.76. The highest BCUT2D eigenvalue weighted by Crippen LogP contribution is 2.28. The number of hydrogen-bond donors (Lipinski definition) is 0. The Balaban J connectivity index is 1.92. The van der Waals surface area contributed by atoms with Crippen molar-refractivity contribution >= 4 is 16.7 Å². The fraction of sp³-hybridized carbons (Fsp3) is 0.143. The molecule has 21 heavy (non-hydrogen) atoms. The first-order valence-corrected chi connectivity index (χ1v) is 6.25. The standard InChI is InChI=1S/C14H12N4O3/c1-9-5-10(18(19)20)3-4-14(9)21-11-6-12-13(15-7-11)8-17(2)16-12/h3-8H,1-2H3. The molecule has 0 spiro atoms. The third kappa shape index (κ3) is 2.53. The Kier molecular flexibility index (Phi) is 3.02. The lowest BCUT2D eigenvalue weighted by atomic mass is 10.2. The molecule has 1 aromatic carbocycles. The van der Waals surface area contributed by atoms with Gasteiger partial charge in [-0.05, 0) is 18.6 Å². The number of aromatic nitrogens is 3. The van der Waals surface area contributed by atoms with Crippen LogP contribution in [0.2, 0.25) is 0 Å². The van der Waals surface area contributed by atoms with Crippen molar-refractivity contribution in [3.63, 3.8) is 0 Å². The smallest absolute Gasteiger partial charge is 0.269 e. The second-order valence-corrected chi connectivity index (χ2v) is 4.69. The summed E-state index contributed by atoms with van der Waals surface area (Å²) in [5, 5.41) is 15.0. The molecule has 2 aromatic heterocycles. The summed E-state index contributed by atoms with van der Waals surface area (Å²) in [6.07, 6.45) is 3.42. The third-order valence-corrected chi connectivity index (χ3v) is 3.04. The molecular weight excluding hydrogens is 272 g/mol. The highest BCUT2D eigenvalue weighted by Gasteiger charge is 2.10. The van der Waals surface area contributed by atoms with Crippen LogP contribution in [0.25, 0.3) is 11.0 Å². The molecule has 0 bridgehead atoms. The molecule has 7 nitrogen and oxygen atoms in total. The predicted molar refractivity (Wildman–Crippen MR) is 76.4 cm³/mol. The number of aryl methyl sites for hydroxylation is 2. The van der Waals surface area contributed by atoms with Crippen LogP contribution in [0.3, 0.4) is 0 Å². The molecule has 0 saturated heterocycles. The number of fused-ring (bicyclic) bond motifs is 1. The molecule has 0 unspecified atom stereocenters. The Morgan fingerprint density at radius 3 is 2.81 bits per heavy atom. The molecule has 3 rings (SSSR count). The van der Waals surface area contributed by atoms with Gasteiger partial charge >= 0.3 is 0 Å². The lowest BCUT2D eigenvalue weighted by Crippen LogP contribution is -1.92. The van der Waals surface area contributed by atoms with Crippen molar-refractivity contribution in [2.24, 2.45) is 7.05 Å². The van der Waals surface area contributed by atoms with Crippen molar-refractivity contribution in [3.8, 4) is 11.5 Å². The molecular formula is C14H12N4O3. The van der Waals surface area contributed by atoms with Gasteiger partial charge in [0.15, 0.2) is 0 Å². The van der Waals surface area contributed by atoms with Crippen LogP contribution in [0.4, 0.5) is 5.69 Å².